The van der Waals surface area contributed by atoms with E-state index in [0.29, 0.717) is 12.2 Å². The van der Waals surface area contributed by atoms with Crippen LogP contribution in [0.4, 0.5) is 0 Å². The van der Waals surface area contributed by atoms with E-state index in [1.807, 2.05) is 0 Å². The summed E-state index contributed by atoms with van der Waals surface area (Å²) in [4.78, 5) is 0. The summed E-state index contributed by atoms with van der Waals surface area (Å²) in [6, 6.07) is 2.09. The lowest BCUT2D eigenvalue weighted by Crippen LogP contribution is -2.12. The molecule has 1 aromatic heterocycles. The summed E-state index contributed by atoms with van der Waals surface area (Å²) in [5.74, 6) is 0.780. The smallest absolute Gasteiger partial charge is 0.185 e. The van der Waals surface area contributed by atoms with Crippen molar-refractivity contribution in [2.24, 2.45) is 5.92 Å². The summed E-state index contributed by atoms with van der Waals surface area (Å²) in [6.45, 7) is 0.458. The molecule has 98 valence electrons. The van der Waals surface area contributed by atoms with Crippen LogP contribution < -0.4 is 0 Å². The normalized spacial score (nSPS) is 16.7. The van der Waals surface area contributed by atoms with Gasteiger partial charge in [0.1, 0.15) is 6.07 Å². The third-order valence-corrected chi connectivity index (χ3v) is 3.77. The number of rotatable bonds is 5. The molecular formula is C13H20N4O. The number of aromatic nitrogens is 3. The highest BCUT2D eigenvalue weighted by molar-refractivity contribution is 5.24. The van der Waals surface area contributed by atoms with Crippen LogP contribution in [0.2, 0.25) is 0 Å². The van der Waals surface area contributed by atoms with Gasteiger partial charge in [-0.1, -0.05) is 37.3 Å². The van der Waals surface area contributed by atoms with Gasteiger partial charge in [-0.2, -0.15) is 5.26 Å². The second-order valence-corrected chi connectivity index (χ2v) is 4.99. The Morgan fingerprint density at radius 2 is 2.11 bits per heavy atom. The zero-order chi connectivity index (χ0) is 12.8. The summed E-state index contributed by atoms with van der Waals surface area (Å²) in [7, 11) is 0. The van der Waals surface area contributed by atoms with E-state index in [2.05, 4.69) is 16.4 Å². The molecule has 1 fully saturated rings. The molecule has 0 spiro atoms. The molecule has 0 radical (unpaired) electrons. The lowest BCUT2D eigenvalue weighted by atomic mass is 9.85. The molecule has 1 heterocycles. The highest BCUT2D eigenvalue weighted by Crippen LogP contribution is 2.27. The van der Waals surface area contributed by atoms with Gasteiger partial charge in [0.15, 0.2) is 5.69 Å². The monoisotopic (exact) mass is 248 g/mol. The van der Waals surface area contributed by atoms with Gasteiger partial charge in [0.2, 0.25) is 0 Å². The van der Waals surface area contributed by atoms with Crippen molar-refractivity contribution < 1.29 is 5.11 Å². The maximum atomic E-state index is 9.01. The predicted molar refractivity (Wildman–Crippen MR) is 66.7 cm³/mol. The van der Waals surface area contributed by atoms with Crippen molar-refractivity contribution in [1.29, 1.82) is 5.26 Å². The number of nitrogens with zero attached hydrogens (tertiary/aromatic N) is 4. The van der Waals surface area contributed by atoms with Gasteiger partial charge in [-0.05, 0) is 18.8 Å². The van der Waals surface area contributed by atoms with Crippen molar-refractivity contribution in [3.8, 4) is 6.07 Å². The Hall–Kier alpha value is -1.41. The van der Waals surface area contributed by atoms with Gasteiger partial charge in [-0.3, -0.25) is 0 Å². The van der Waals surface area contributed by atoms with Crippen LogP contribution in [-0.4, -0.2) is 26.7 Å². The van der Waals surface area contributed by atoms with E-state index >= 15 is 0 Å². The molecule has 5 nitrogen and oxygen atoms in total. The Balaban J connectivity index is 1.98. The molecule has 18 heavy (non-hydrogen) atoms. The van der Waals surface area contributed by atoms with Gasteiger partial charge in [0.25, 0.3) is 0 Å². The summed E-state index contributed by atoms with van der Waals surface area (Å²) >= 11 is 0. The van der Waals surface area contributed by atoms with Crippen molar-refractivity contribution in [3.05, 3.63) is 11.4 Å². The van der Waals surface area contributed by atoms with Crippen LogP contribution in [0.25, 0.3) is 0 Å². The Labute approximate surface area is 107 Å². The van der Waals surface area contributed by atoms with Gasteiger partial charge < -0.3 is 5.11 Å². The quantitative estimate of drug-likeness (QED) is 0.859. The molecule has 1 N–H and O–H groups in total. The number of nitriles is 1. The molecule has 0 bridgehead atoms. The standard InChI is InChI=1S/C13H20N4O/c14-10-12-13(17(8-9-18)16-15-12)7-6-11-4-2-1-3-5-11/h11,18H,1-9H2. The Bertz CT molecular complexity index is 415. The first-order chi connectivity index (χ1) is 8.85. The summed E-state index contributed by atoms with van der Waals surface area (Å²) in [5.41, 5.74) is 1.30. The van der Waals surface area contributed by atoms with Crippen LogP contribution in [0, 0.1) is 17.2 Å². The van der Waals surface area contributed by atoms with E-state index < -0.39 is 0 Å². The first kappa shape index (κ1) is 13.0. The fourth-order valence-corrected chi connectivity index (χ4v) is 2.76. The highest BCUT2D eigenvalue weighted by Gasteiger charge is 2.17. The van der Waals surface area contributed by atoms with Crippen LogP contribution in [0.3, 0.4) is 0 Å². The van der Waals surface area contributed by atoms with Gasteiger partial charge >= 0.3 is 0 Å². The lowest BCUT2D eigenvalue weighted by molar-refractivity contribution is 0.264. The molecule has 0 unspecified atom stereocenters. The van der Waals surface area contributed by atoms with Gasteiger partial charge in [-0.15, -0.1) is 5.10 Å². The number of aliphatic hydroxyl groups is 1. The van der Waals surface area contributed by atoms with E-state index in [1.54, 1.807) is 4.68 Å². The Morgan fingerprint density at radius 3 is 2.78 bits per heavy atom. The third-order valence-electron chi connectivity index (χ3n) is 3.77. The summed E-state index contributed by atoms with van der Waals surface area (Å²) in [6.07, 6.45) is 8.61. The molecule has 1 aliphatic rings. The largest absolute Gasteiger partial charge is 0.394 e. The fourth-order valence-electron chi connectivity index (χ4n) is 2.76. The highest BCUT2D eigenvalue weighted by atomic mass is 16.3. The molecule has 1 aromatic rings. The second kappa shape index (κ2) is 6.50. The summed E-state index contributed by atoms with van der Waals surface area (Å²) in [5, 5.41) is 25.8. The van der Waals surface area contributed by atoms with Crippen LogP contribution >= 0.6 is 0 Å². The first-order valence-electron chi connectivity index (χ1n) is 6.78. The van der Waals surface area contributed by atoms with Gasteiger partial charge in [0, 0.05) is 0 Å². The molecule has 1 saturated carbocycles. The van der Waals surface area contributed by atoms with Gasteiger partial charge in [0.05, 0.1) is 18.8 Å². The minimum absolute atomic E-state index is 0.0324. The number of hydrogen-bond acceptors (Lipinski definition) is 4. The molecule has 0 amide bonds. The fraction of sp³-hybridized carbons (Fsp3) is 0.769. The van der Waals surface area contributed by atoms with E-state index in [1.165, 1.54) is 32.1 Å². The van der Waals surface area contributed by atoms with E-state index in [4.69, 9.17) is 10.4 Å². The average molecular weight is 248 g/mol. The SMILES string of the molecule is N#Cc1nnn(CCO)c1CCC1CCCCC1. The topological polar surface area (TPSA) is 74.7 Å². The minimum Gasteiger partial charge on any atom is -0.394 e. The maximum absolute atomic E-state index is 9.01. The maximum Gasteiger partial charge on any atom is 0.185 e. The summed E-state index contributed by atoms with van der Waals surface area (Å²) < 4.78 is 1.67. The molecule has 0 aliphatic heterocycles. The number of hydrogen-bond donors (Lipinski definition) is 1. The van der Waals surface area contributed by atoms with Crippen LogP contribution in [0.5, 0.6) is 0 Å². The molecule has 2 rings (SSSR count). The van der Waals surface area contributed by atoms with Crippen molar-refractivity contribution in [3.63, 3.8) is 0 Å². The van der Waals surface area contributed by atoms with Crippen molar-refractivity contribution in [1.82, 2.24) is 15.0 Å². The zero-order valence-electron chi connectivity index (χ0n) is 10.7. The Morgan fingerprint density at radius 1 is 1.33 bits per heavy atom. The van der Waals surface area contributed by atoms with E-state index in [-0.39, 0.29) is 6.61 Å². The molecule has 5 heteroatoms. The zero-order valence-corrected chi connectivity index (χ0v) is 10.7. The average Bonchev–Trinajstić information content (AvgIpc) is 2.80. The van der Waals surface area contributed by atoms with Crippen LogP contribution in [-0.2, 0) is 13.0 Å². The Kier molecular flexibility index (Phi) is 4.71. The van der Waals surface area contributed by atoms with Gasteiger partial charge in [-0.25, -0.2) is 4.68 Å². The van der Waals surface area contributed by atoms with Crippen molar-refractivity contribution in [2.45, 2.75) is 51.5 Å². The molecule has 0 saturated heterocycles. The number of aliphatic hydroxyl groups excluding tert-OH is 1. The van der Waals surface area contributed by atoms with Crippen LogP contribution in [0.1, 0.15) is 49.9 Å². The molecule has 0 aromatic carbocycles. The lowest BCUT2D eigenvalue weighted by Gasteiger charge is -2.21. The van der Waals surface area contributed by atoms with Crippen LogP contribution in [0.15, 0.2) is 0 Å². The third kappa shape index (κ3) is 3.08. The van der Waals surface area contributed by atoms with E-state index in [0.717, 1.165) is 24.5 Å². The van der Waals surface area contributed by atoms with E-state index in [9.17, 15) is 0 Å². The minimum atomic E-state index is 0.0324. The van der Waals surface area contributed by atoms with Crippen molar-refractivity contribution >= 4 is 0 Å². The molecule has 0 atom stereocenters. The second-order valence-electron chi connectivity index (χ2n) is 4.99. The molecule has 1 aliphatic carbocycles. The van der Waals surface area contributed by atoms with Crippen molar-refractivity contribution in [2.75, 3.05) is 6.61 Å². The predicted octanol–water partition coefficient (Wildman–Crippen LogP) is 1.65. The first-order valence-corrected chi connectivity index (χ1v) is 6.78. The molecular weight excluding hydrogens is 228 g/mol.